The summed E-state index contributed by atoms with van der Waals surface area (Å²) in [5.41, 5.74) is 1.08. The number of benzene rings is 2. The normalized spacial score (nSPS) is 15.0. The van der Waals surface area contributed by atoms with Crippen LogP contribution in [0.2, 0.25) is 5.02 Å². The standard InChI is InChI=1S/C17H17ClFN3O2S2/c18-15-8-5-13(11-16(15)19)21-17(25)20-12-3-6-14(7-4-12)26(23,24)22-9-1-2-10-22/h3-8,11H,1-2,9-10H2,(H2,20,21,25). The summed E-state index contributed by atoms with van der Waals surface area (Å²) in [4.78, 5) is 0.253. The third-order valence-corrected chi connectivity index (χ3v) is 6.42. The first-order valence-corrected chi connectivity index (χ1v) is 10.2. The van der Waals surface area contributed by atoms with E-state index in [9.17, 15) is 12.8 Å². The van der Waals surface area contributed by atoms with Gasteiger partial charge in [0, 0.05) is 24.5 Å². The summed E-state index contributed by atoms with van der Waals surface area (Å²) >= 11 is 10.8. The van der Waals surface area contributed by atoms with Gasteiger partial charge in [0.15, 0.2) is 5.11 Å². The molecule has 0 aliphatic carbocycles. The van der Waals surface area contributed by atoms with Crippen molar-refractivity contribution in [1.82, 2.24) is 4.31 Å². The van der Waals surface area contributed by atoms with Gasteiger partial charge in [0.1, 0.15) is 5.82 Å². The number of rotatable bonds is 4. The van der Waals surface area contributed by atoms with Crippen molar-refractivity contribution in [2.24, 2.45) is 0 Å². The van der Waals surface area contributed by atoms with Crippen molar-refractivity contribution < 1.29 is 12.8 Å². The largest absolute Gasteiger partial charge is 0.332 e. The molecule has 1 saturated heterocycles. The summed E-state index contributed by atoms with van der Waals surface area (Å²) < 4.78 is 39.9. The van der Waals surface area contributed by atoms with Gasteiger partial charge < -0.3 is 10.6 Å². The van der Waals surface area contributed by atoms with E-state index < -0.39 is 15.8 Å². The monoisotopic (exact) mass is 413 g/mol. The lowest BCUT2D eigenvalue weighted by atomic mass is 10.3. The van der Waals surface area contributed by atoms with E-state index in [4.69, 9.17) is 23.8 Å². The molecule has 1 aliphatic heterocycles. The van der Waals surface area contributed by atoms with E-state index in [1.165, 1.54) is 16.4 Å². The zero-order chi connectivity index (χ0) is 18.7. The highest BCUT2D eigenvalue weighted by atomic mass is 35.5. The van der Waals surface area contributed by atoms with Crippen LogP contribution >= 0.6 is 23.8 Å². The highest BCUT2D eigenvalue weighted by molar-refractivity contribution is 7.89. The smallest absolute Gasteiger partial charge is 0.243 e. The van der Waals surface area contributed by atoms with Gasteiger partial charge in [-0.15, -0.1) is 0 Å². The molecular formula is C17H17ClFN3O2S2. The fourth-order valence-electron chi connectivity index (χ4n) is 2.66. The Balaban J connectivity index is 1.65. The van der Waals surface area contributed by atoms with Crippen LogP contribution in [0.4, 0.5) is 15.8 Å². The van der Waals surface area contributed by atoms with E-state index in [2.05, 4.69) is 10.6 Å². The van der Waals surface area contributed by atoms with E-state index in [0.29, 0.717) is 24.5 Å². The molecule has 0 unspecified atom stereocenters. The molecule has 2 aromatic rings. The first-order valence-electron chi connectivity index (χ1n) is 7.99. The van der Waals surface area contributed by atoms with Crippen LogP contribution in [0.5, 0.6) is 0 Å². The van der Waals surface area contributed by atoms with E-state index in [1.807, 2.05) is 0 Å². The molecule has 0 atom stereocenters. The van der Waals surface area contributed by atoms with Crippen molar-refractivity contribution in [3.63, 3.8) is 0 Å². The van der Waals surface area contributed by atoms with E-state index in [-0.39, 0.29) is 15.0 Å². The molecule has 0 bridgehead atoms. The van der Waals surface area contributed by atoms with Gasteiger partial charge in [-0.3, -0.25) is 0 Å². The molecule has 2 aromatic carbocycles. The Hall–Kier alpha value is -1.74. The maximum Gasteiger partial charge on any atom is 0.243 e. The first kappa shape index (κ1) is 19.0. The molecule has 0 amide bonds. The molecule has 26 heavy (non-hydrogen) atoms. The van der Waals surface area contributed by atoms with Crippen LogP contribution in [0.1, 0.15) is 12.8 Å². The molecule has 1 heterocycles. The van der Waals surface area contributed by atoms with E-state index in [1.54, 1.807) is 30.3 Å². The highest BCUT2D eigenvalue weighted by Gasteiger charge is 2.26. The Labute approximate surface area is 162 Å². The summed E-state index contributed by atoms with van der Waals surface area (Å²) in [7, 11) is -3.44. The van der Waals surface area contributed by atoms with Gasteiger partial charge in [0.2, 0.25) is 10.0 Å². The molecule has 1 aliphatic rings. The van der Waals surface area contributed by atoms with Crippen molar-refractivity contribution in [3.05, 3.63) is 53.3 Å². The van der Waals surface area contributed by atoms with Gasteiger partial charge in [-0.1, -0.05) is 11.6 Å². The van der Waals surface area contributed by atoms with E-state index >= 15 is 0 Å². The molecule has 5 nitrogen and oxygen atoms in total. The number of hydrogen-bond donors (Lipinski definition) is 2. The predicted molar refractivity (Wildman–Crippen MR) is 106 cm³/mol. The predicted octanol–water partition coefficient (Wildman–Crippen LogP) is 4.07. The minimum absolute atomic E-state index is 0.0317. The van der Waals surface area contributed by atoms with Crippen molar-refractivity contribution in [1.29, 1.82) is 0 Å². The Morgan fingerprint density at radius 3 is 2.23 bits per heavy atom. The minimum atomic E-state index is -3.44. The van der Waals surface area contributed by atoms with Gasteiger partial charge in [0.05, 0.1) is 9.92 Å². The van der Waals surface area contributed by atoms with Gasteiger partial charge in [-0.25, -0.2) is 12.8 Å². The van der Waals surface area contributed by atoms with Crippen molar-refractivity contribution in [2.45, 2.75) is 17.7 Å². The Bertz CT molecular complexity index is 914. The van der Waals surface area contributed by atoms with Gasteiger partial charge in [0.25, 0.3) is 0 Å². The van der Waals surface area contributed by atoms with Crippen LogP contribution in [0.3, 0.4) is 0 Å². The summed E-state index contributed by atoms with van der Waals surface area (Å²) in [6.07, 6.45) is 1.79. The van der Waals surface area contributed by atoms with Crippen molar-refractivity contribution >= 4 is 50.3 Å². The van der Waals surface area contributed by atoms with Crippen LogP contribution in [0.25, 0.3) is 0 Å². The topological polar surface area (TPSA) is 61.4 Å². The fourth-order valence-corrected chi connectivity index (χ4v) is 4.53. The molecule has 138 valence electrons. The average molecular weight is 414 g/mol. The second-order valence-electron chi connectivity index (χ2n) is 5.84. The average Bonchev–Trinajstić information content (AvgIpc) is 3.14. The van der Waals surface area contributed by atoms with Gasteiger partial charge in [-0.2, -0.15) is 4.31 Å². The fraction of sp³-hybridized carbons (Fsp3) is 0.235. The molecule has 9 heteroatoms. The lowest BCUT2D eigenvalue weighted by Crippen LogP contribution is -2.27. The summed E-state index contributed by atoms with van der Waals surface area (Å²) in [6.45, 7) is 1.13. The molecule has 0 spiro atoms. The van der Waals surface area contributed by atoms with Crippen molar-refractivity contribution in [3.8, 4) is 0 Å². The van der Waals surface area contributed by atoms with Crippen LogP contribution < -0.4 is 10.6 Å². The maximum absolute atomic E-state index is 13.4. The Morgan fingerprint density at radius 1 is 1.04 bits per heavy atom. The lowest BCUT2D eigenvalue weighted by Gasteiger charge is -2.16. The number of nitrogens with one attached hydrogen (secondary N) is 2. The molecule has 0 saturated carbocycles. The quantitative estimate of drug-likeness (QED) is 0.740. The zero-order valence-electron chi connectivity index (χ0n) is 13.7. The third-order valence-electron chi connectivity index (χ3n) is 3.99. The number of halogens is 2. The Kier molecular flexibility index (Phi) is 5.76. The molecule has 2 N–H and O–H groups in total. The van der Waals surface area contributed by atoms with Crippen molar-refractivity contribution in [2.75, 3.05) is 23.7 Å². The molecular weight excluding hydrogens is 397 g/mol. The molecule has 0 aromatic heterocycles. The number of thiocarbonyl (C=S) groups is 1. The second-order valence-corrected chi connectivity index (χ2v) is 8.60. The Morgan fingerprint density at radius 2 is 1.62 bits per heavy atom. The first-order chi connectivity index (χ1) is 12.4. The van der Waals surface area contributed by atoms with Gasteiger partial charge >= 0.3 is 0 Å². The van der Waals surface area contributed by atoms with Crippen LogP contribution in [0, 0.1) is 5.82 Å². The number of anilines is 2. The highest BCUT2D eigenvalue weighted by Crippen LogP contribution is 2.23. The van der Waals surface area contributed by atoms with E-state index in [0.717, 1.165) is 12.8 Å². The van der Waals surface area contributed by atoms with Crippen LogP contribution in [0.15, 0.2) is 47.4 Å². The zero-order valence-corrected chi connectivity index (χ0v) is 16.1. The lowest BCUT2D eigenvalue weighted by molar-refractivity contribution is 0.477. The number of sulfonamides is 1. The summed E-state index contributed by atoms with van der Waals surface area (Å²) in [5.74, 6) is -0.545. The minimum Gasteiger partial charge on any atom is -0.332 e. The summed E-state index contributed by atoms with van der Waals surface area (Å²) in [6, 6.07) is 10.6. The third kappa shape index (κ3) is 4.32. The summed E-state index contributed by atoms with van der Waals surface area (Å²) in [5, 5.41) is 6.06. The van der Waals surface area contributed by atoms with Crippen LogP contribution in [-0.4, -0.2) is 30.9 Å². The number of hydrogen-bond acceptors (Lipinski definition) is 3. The molecule has 1 fully saturated rings. The maximum atomic E-state index is 13.4. The SMILES string of the molecule is O=S(=O)(c1ccc(NC(=S)Nc2ccc(Cl)c(F)c2)cc1)N1CCCC1. The number of nitrogens with zero attached hydrogens (tertiary/aromatic N) is 1. The van der Waals surface area contributed by atoms with Crippen LogP contribution in [-0.2, 0) is 10.0 Å². The molecule has 0 radical (unpaired) electrons. The van der Waals surface area contributed by atoms with Gasteiger partial charge in [-0.05, 0) is 67.5 Å². The molecule has 3 rings (SSSR count). The second kappa shape index (κ2) is 7.87.